The van der Waals surface area contributed by atoms with Crippen LogP contribution in [-0.2, 0) is 25.7 Å². The monoisotopic (exact) mass is 366 g/mol. The summed E-state index contributed by atoms with van der Waals surface area (Å²) in [6.07, 6.45) is 3.39. The van der Waals surface area contributed by atoms with E-state index in [1.807, 2.05) is 36.4 Å². The quantitative estimate of drug-likeness (QED) is 0.537. The van der Waals surface area contributed by atoms with Gasteiger partial charge >= 0.3 is 29.6 Å². The molecule has 2 aromatic carbocycles. The van der Waals surface area contributed by atoms with Crippen LogP contribution in [0, 0.1) is 0 Å². The maximum absolute atomic E-state index is 6.27. The van der Waals surface area contributed by atoms with Crippen LogP contribution in [0.25, 0.3) is 0 Å². The van der Waals surface area contributed by atoms with E-state index in [0.29, 0.717) is 17.2 Å². The third-order valence-corrected chi connectivity index (χ3v) is 4.49. The molecule has 4 nitrogen and oxygen atoms in total. The largest absolute Gasteiger partial charge is 1.00 e. The summed E-state index contributed by atoms with van der Waals surface area (Å²) < 4.78 is 0. The minimum atomic E-state index is 0. The third kappa shape index (κ3) is 6.03. The molecular formula is C21H24BN4Na. The first-order valence-corrected chi connectivity index (χ1v) is 8.55. The van der Waals surface area contributed by atoms with Gasteiger partial charge in [-0.2, -0.15) is 0 Å². The fourth-order valence-electron chi connectivity index (χ4n) is 3.04. The van der Waals surface area contributed by atoms with Gasteiger partial charge in [0.1, 0.15) is 5.82 Å². The Hall–Kier alpha value is -1.95. The molecule has 0 aliphatic rings. The third-order valence-electron chi connectivity index (χ3n) is 4.49. The fraction of sp³-hybridized carbons (Fsp3) is 0.190. The second kappa shape index (κ2) is 11.0. The number of anilines is 3. The van der Waals surface area contributed by atoms with Crippen LogP contribution in [0.1, 0.15) is 22.4 Å². The Morgan fingerprint density at radius 1 is 0.630 bits per heavy atom. The number of nitrogens with two attached hydrogens (primary N) is 3. The Morgan fingerprint density at radius 3 is 1.63 bits per heavy atom. The molecule has 3 rings (SSSR count). The van der Waals surface area contributed by atoms with Crippen LogP contribution in [0.4, 0.5) is 17.2 Å². The molecule has 0 fully saturated rings. The molecule has 27 heavy (non-hydrogen) atoms. The maximum Gasteiger partial charge on any atom is 1.00 e. The molecule has 1 heterocycles. The average molecular weight is 366 g/mol. The number of hydrogen-bond acceptors (Lipinski definition) is 4. The summed E-state index contributed by atoms with van der Waals surface area (Å²) in [7, 11) is 0. The molecule has 6 heteroatoms. The van der Waals surface area contributed by atoms with Crippen LogP contribution < -0.4 is 46.8 Å². The molecule has 6 N–H and O–H groups in total. The fourth-order valence-corrected chi connectivity index (χ4v) is 3.04. The molecule has 4 radical (unpaired) electrons. The predicted octanol–water partition coefficient (Wildman–Crippen LogP) is 0.0218. The van der Waals surface area contributed by atoms with Crippen molar-refractivity contribution in [2.45, 2.75) is 25.7 Å². The zero-order valence-corrected chi connectivity index (χ0v) is 17.9. The molecule has 0 aliphatic carbocycles. The second-order valence-corrected chi connectivity index (χ2v) is 6.22. The summed E-state index contributed by atoms with van der Waals surface area (Å²) in [5.41, 5.74) is 23.7. The van der Waals surface area contributed by atoms with E-state index in [2.05, 4.69) is 29.2 Å². The summed E-state index contributed by atoms with van der Waals surface area (Å²) in [5.74, 6) is 0.323. The van der Waals surface area contributed by atoms with Gasteiger partial charge < -0.3 is 25.6 Å². The van der Waals surface area contributed by atoms with Gasteiger partial charge in [-0.3, -0.25) is 0 Å². The smallest absolute Gasteiger partial charge is 1.00 e. The topological polar surface area (TPSA) is 90.9 Å². The van der Waals surface area contributed by atoms with E-state index in [1.54, 1.807) is 0 Å². The average Bonchev–Trinajstić information content (AvgIpc) is 2.65. The molecule has 0 bridgehead atoms. The van der Waals surface area contributed by atoms with Crippen molar-refractivity contribution < 1.29 is 29.6 Å². The van der Waals surface area contributed by atoms with Crippen LogP contribution >= 0.6 is 0 Å². The van der Waals surface area contributed by atoms with Gasteiger partial charge in [-0.05, 0) is 42.4 Å². The Balaban J connectivity index is 0.00000182. The normalized spacial score (nSPS) is 9.93. The first-order chi connectivity index (χ1) is 12.1. The summed E-state index contributed by atoms with van der Waals surface area (Å²) in [5, 5.41) is 0. The zero-order chi connectivity index (χ0) is 17.6. The molecule has 1 aromatic heterocycles. The molecule has 3 aromatic rings. The van der Waals surface area contributed by atoms with E-state index in [4.69, 9.17) is 17.2 Å². The number of pyridine rings is 1. The van der Waals surface area contributed by atoms with Crippen molar-refractivity contribution in [3.8, 4) is 0 Å². The Morgan fingerprint density at radius 2 is 1.11 bits per heavy atom. The van der Waals surface area contributed by atoms with Gasteiger partial charge in [0.15, 0.2) is 0 Å². The van der Waals surface area contributed by atoms with Crippen LogP contribution in [-0.4, -0.2) is 13.4 Å². The van der Waals surface area contributed by atoms with Gasteiger partial charge in [-0.1, -0.05) is 60.7 Å². The van der Waals surface area contributed by atoms with E-state index in [-0.39, 0.29) is 38.0 Å². The van der Waals surface area contributed by atoms with Crippen LogP contribution in [0.15, 0.2) is 60.7 Å². The van der Waals surface area contributed by atoms with Crippen molar-refractivity contribution in [1.82, 2.24) is 4.98 Å². The number of rotatable bonds is 6. The molecule has 0 saturated heterocycles. The van der Waals surface area contributed by atoms with Gasteiger partial charge in [-0.15, -0.1) is 0 Å². The molecule has 0 amide bonds. The van der Waals surface area contributed by atoms with Crippen molar-refractivity contribution in [3.05, 3.63) is 83.0 Å². The number of benzene rings is 2. The summed E-state index contributed by atoms with van der Waals surface area (Å²) in [6, 6.07) is 20.7. The van der Waals surface area contributed by atoms with Crippen LogP contribution in [0.3, 0.4) is 0 Å². The molecule has 0 unspecified atom stereocenters. The molecule has 0 atom stereocenters. The van der Waals surface area contributed by atoms with Crippen molar-refractivity contribution >= 4 is 25.6 Å². The SMILES string of the molecule is Nc1nc(CCc2ccccc2)c(CCc2ccccc2)c(N)c1N.[B-].[Na+]. The van der Waals surface area contributed by atoms with Gasteiger partial charge in [0.2, 0.25) is 0 Å². The molecule has 0 spiro atoms. The minimum Gasteiger partial charge on any atom is -1.00 e. The maximum atomic E-state index is 6.27. The van der Waals surface area contributed by atoms with E-state index in [9.17, 15) is 0 Å². The van der Waals surface area contributed by atoms with E-state index in [1.165, 1.54) is 11.1 Å². The number of nitrogen functional groups attached to an aromatic ring is 3. The van der Waals surface area contributed by atoms with E-state index >= 15 is 0 Å². The molecule has 0 saturated carbocycles. The van der Waals surface area contributed by atoms with E-state index < -0.39 is 0 Å². The Kier molecular flexibility index (Phi) is 9.43. The number of nitrogens with zero attached hydrogens (tertiary/aromatic N) is 1. The predicted molar refractivity (Wildman–Crippen MR) is 111 cm³/mol. The van der Waals surface area contributed by atoms with Crippen LogP contribution in [0.2, 0.25) is 0 Å². The summed E-state index contributed by atoms with van der Waals surface area (Å²) in [6.45, 7) is 0. The van der Waals surface area contributed by atoms with Crippen molar-refractivity contribution in [3.63, 3.8) is 0 Å². The van der Waals surface area contributed by atoms with E-state index in [0.717, 1.165) is 36.9 Å². The Bertz CT molecular complexity index is 842. The summed E-state index contributed by atoms with van der Waals surface area (Å²) >= 11 is 0. The summed E-state index contributed by atoms with van der Waals surface area (Å²) in [4.78, 5) is 4.53. The van der Waals surface area contributed by atoms with Gasteiger partial charge in [-0.25, -0.2) is 4.98 Å². The van der Waals surface area contributed by atoms with Crippen molar-refractivity contribution in [2.75, 3.05) is 17.2 Å². The van der Waals surface area contributed by atoms with Crippen molar-refractivity contribution in [2.24, 2.45) is 0 Å². The second-order valence-electron chi connectivity index (χ2n) is 6.22. The first-order valence-electron chi connectivity index (χ1n) is 8.55. The van der Waals surface area contributed by atoms with Gasteiger partial charge in [0.05, 0.1) is 11.4 Å². The van der Waals surface area contributed by atoms with Crippen LogP contribution in [0.5, 0.6) is 0 Å². The standard InChI is InChI=1S/C21H24N4.B.Na/c22-19-17(13-11-15-7-3-1-4-8-15)18(25-21(24)20(19)23)14-12-16-9-5-2-6-10-16;;/h1-10H,11-14,23H2,(H4,22,24,25);;/q;-1;+1. The molecule has 132 valence electrons. The van der Waals surface area contributed by atoms with Gasteiger partial charge in [0.25, 0.3) is 0 Å². The Labute approximate surface area is 185 Å². The molecule has 0 aliphatic heterocycles. The number of aromatic nitrogens is 1. The number of hydrogen-bond donors (Lipinski definition) is 3. The zero-order valence-electron chi connectivity index (χ0n) is 15.9. The first kappa shape index (κ1) is 23.1. The number of aryl methyl sites for hydroxylation is 3. The van der Waals surface area contributed by atoms with Crippen molar-refractivity contribution in [1.29, 1.82) is 0 Å². The molecular weight excluding hydrogens is 342 g/mol. The van der Waals surface area contributed by atoms with Gasteiger partial charge in [0, 0.05) is 5.69 Å². The minimum absolute atomic E-state index is 0.